The molecule has 0 saturated heterocycles. The summed E-state index contributed by atoms with van der Waals surface area (Å²) in [4.78, 5) is 22.4. The van der Waals surface area contributed by atoms with Crippen LogP contribution in [-0.2, 0) is 19.1 Å². The average Bonchev–Trinajstić information content (AvgIpc) is 2.42. The maximum atomic E-state index is 11.4. The summed E-state index contributed by atoms with van der Waals surface area (Å²) in [5.41, 5.74) is 11.1. The van der Waals surface area contributed by atoms with Gasteiger partial charge in [-0.05, 0) is 13.8 Å². The first-order valence-electron chi connectivity index (χ1n) is 5.99. The van der Waals surface area contributed by atoms with E-state index in [-0.39, 0.29) is 24.7 Å². The van der Waals surface area contributed by atoms with Crippen molar-refractivity contribution in [2.24, 2.45) is 11.5 Å². The van der Waals surface area contributed by atoms with Gasteiger partial charge >= 0.3 is 11.9 Å². The molecule has 0 saturated carbocycles. The van der Waals surface area contributed by atoms with E-state index in [1.807, 2.05) is 0 Å². The maximum absolute atomic E-state index is 11.4. The Labute approximate surface area is 126 Å². The number of ether oxygens (including phenoxy) is 2. The molecule has 0 heterocycles. The summed E-state index contributed by atoms with van der Waals surface area (Å²) in [5.74, 6) is -0.934. The molecule has 0 rings (SSSR count). The lowest BCUT2D eigenvalue weighted by Gasteiger charge is -2.26. The van der Waals surface area contributed by atoms with Crippen molar-refractivity contribution in [3.63, 3.8) is 0 Å². The van der Waals surface area contributed by atoms with Crippen LogP contribution in [0.3, 0.4) is 0 Å². The van der Waals surface area contributed by atoms with Crippen LogP contribution in [0.2, 0.25) is 0 Å². The van der Waals surface area contributed by atoms with Crippen LogP contribution in [0.25, 0.3) is 0 Å². The molecule has 0 aromatic carbocycles. The first-order valence-corrected chi connectivity index (χ1v) is 7.88. The highest BCUT2D eigenvalue weighted by Crippen LogP contribution is 2.21. The first kappa shape index (κ1) is 19.5. The van der Waals surface area contributed by atoms with Crippen LogP contribution in [0.5, 0.6) is 0 Å². The largest absolute Gasteiger partial charge is 0.766 e. The zero-order valence-corrected chi connectivity index (χ0v) is 13.1. The van der Waals surface area contributed by atoms with Gasteiger partial charge in [-0.25, -0.2) is 0 Å². The smallest absolute Gasteiger partial charge is 0.323 e. The fraction of sp³-hybridized carbons (Fsp3) is 0.800. The lowest BCUT2D eigenvalue weighted by atomic mass is 10.4. The van der Waals surface area contributed by atoms with Gasteiger partial charge < -0.3 is 26.1 Å². The summed E-state index contributed by atoms with van der Waals surface area (Å²) in [6.45, 7) is 3.82. The van der Waals surface area contributed by atoms with Crippen LogP contribution in [-0.4, -0.2) is 52.6 Å². The van der Waals surface area contributed by atoms with Crippen molar-refractivity contribution in [2.45, 2.75) is 25.9 Å². The average molecular weight is 326 g/mol. The molecule has 8 nitrogen and oxygen atoms in total. The highest BCUT2D eigenvalue weighted by molar-refractivity contribution is 8.12. The molecule has 20 heavy (non-hydrogen) atoms. The van der Waals surface area contributed by atoms with Crippen LogP contribution in [0, 0.1) is 5.21 Å². The van der Waals surface area contributed by atoms with Crippen molar-refractivity contribution in [3.05, 3.63) is 5.21 Å². The second-order valence-electron chi connectivity index (χ2n) is 3.53. The molecule has 0 aliphatic carbocycles. The van der Waals surface area contributed by atoms with E-state index in [1.54, 1.807) is 13.8 Å². The summed E-state index contributed by atoms with van der Waals surface area (Å²) < 4.78 is 9.97. The van der Waals surface area contributed by atoms with E-state index in [0.717, 1.165) is 23.9 Å². The normalized spacial score (nSPS) is 13.9. The fourth-order valence-corrected chi connectivity index (χ4v) is 2.45. The Morgan fingerprint density at radius 1 is 1.05 bits per heavy atom. The monoisotopic (exact) mass is 326 g/mol. The molecule has 118 valence electrons. The number of carbonyl (C=O) groups excluding carboxylic acids is 2. The molecule has 0 radical (unpaired) electrons. The van der Waals surface area contributed by atoms with Gasteiger partial charge in [-0.3, -0.25) is 13.5 Å². The summed E-state index contributed by atoms with van der Waals surface area (Å²) in [6.07, 6.45) is 0. The lowest BCUT2D eigenvalue weighted by Crippen LogP contribution is -2.36. The van der Waals surface area contributed by atoms with Gasteiger partial charge in [0.15, 0.2) is 0 Å². The minimum Gasteiger partial charge on any atom is -0.766 e. The van der Waals surface area contributed by atoms with Crippen molar-refractivity contribution < 1.29 is 19.1 Å². The number of nitrogens with two attached hydrogens (primary N) is 2. The predicted molar refractivity (Wildman–Crippen MR) is 79.3 cm³/mol. The maximum Gasteiger partial charge on any atom is 0.323 e. The Hall–Kier alpha value is -0.520. The first-order chi connectivity index (χ1) is 9.42. The molecule has 2 atom stereocenters. The van der Waals surface area contributed by atoms with Gasteiger partial charge in [0, 0.05) is 11.5 Å². The Balaban J connectivity index is 3.86. The van der Waals surface area contributed by atoms with Gasteiger partial charge in [0.1, 0.15) is 12.1 Å². The van der Waals surface area contributed by atoms with Crippen LogP contribution >= 0.6 is 23.9 Å². The summed E-state index contributed by atoms with van der Waals surface area (Å²) in [5, 5.41) is 11.4. The topological polar surface area (TPSA) is 131 Å². The summed E-state index contributed by atoms with van der Waals surface area (Å²) >= 11 is 1.63. The molecule has 0 spiro atoms. The fourth-order valence-electron chi connectivity index (χ4n) is 0.954. The van der Waals surface area contributed by atoms with E-state index >= 15 is 0 Å². The molecule has 0 unspecified atom stereocenters. The van der Waals surface area contributed by atoms with Crippen LogP contribution in [0.4, 0.5) is 0 Å². The van der Waals surface area contributed by atoms with E-state index in [0.29, 0.717) is 3.87 Å². The Morgan fingerprint density at radius 3 is 1.70 bits per heavy atom. The summed E-state index contributed by atoms with van der Waals surface area (Å²) in [7, 11) is 0. The Morgan fingerprint density at radius 2 is 1.40 bits per heavy atom. The number of rotatable bonds is 10. The summed E-state index contributed by atoms with van der Waals surface area (Å²) in [6, 6.07) is -1.73. The number of carbonyl (C=O) groups is 2. The zero-order chi connectivity index (χ0) is 15.5. The van der Waals surface area contributed by atoms with Crippen LogP contribution in [0.15, 0.2) is 0 Å². The molecule has 0 aliphatic rings. The van der Waals surface area contributed by atoms with Gasteiger partial charge in [-0.1, -0.05) is 23.9 Å². The van der Waals surface area contributed by atoms with Crippen molar-refractivity contribution in [1.29, 1.82) is 0 Å². The zero-order valence-electron chi connectivity index (χ0n) is 11.4. The Kier molecular flexibility index (Phi) is 10.9. The van der Waals surface area contributed by atoms with Crippen molar-refractivity contribution in [3.8, 4) is 0 Å². The number of hydrogen-bond acceptors (Lipinski definition) is 10. The van der Waals surface area contributed by atoms with E-state index in [9.17, 15) is 14.8 Å². The third kappa shape index (κ3) is 8.61. The molecular weight excluding hydrogens is 306 g/mol. The molecule has 0 aliphatic heterocycles. The molecule has 4 N–H and O–H groups in total. The molecule has 0 fully saturated rings. The molecular formula is C10H20N3O5S2-. The van der Waals surface area contributed by atoms with Crippen molar-refractivity contribution >= 4 is 35.8 Å². The minimum atomic E-state index is -0.865. The van der Waals surface area contributed by atoms with Crippen LogP contribution < -0.4 is 11.5 Å². The molecule has 10 heteroatoms. The second kappa shape index (κ2) is 11.2. The highest BCUT2D eigenvalue weighted by atomic mass is 32.2. The standard InChI is InChI=1S/C10H20N3O5S2/c1-3-17-9(14)7(11)5-19-13(16)20-6-8(12)10(15)18-4-2/h7-8H,3-6,11-12H2,1-2H3/q-1/t7-,8-/m1/s1. The third-order valence-electron chi connectivity index (χ3n) is 1.90. The third-order valence-corrected chi connectivity index (χ3v) is 3.97. The quantitative estimate of drug-likeness (QED) is 0.318. The van der Waals surface area contributed by atoms with E-state index in [2.05, 4.69) is 0 Å². The second-order valence-corrected chi connectivity index (χ2v) is 5.61. The van der Waals surface area contributed by atoms with Crippen molar-refractivity contribution in [2.75, 3.05) is 24.7 Å². The van der Waals surface area contributed by atoms with Gasteiger partial charge in [0.25, 0.3) is 0 Å². The molecule has 0 aromatic heterocycles. The van der Waals surface area contributed by atoms with Gasteiger partial charge in [-0.2, -0.15) is 0 Å². The number of nitrogens with zero attached hydrogens (tertiary/aromatic N) is 1. The van der Waals surface area contributed by atoms with Gasteiger partial charge in [0.2, 0.25) is 0 Å². The van der Waals surface area contributed by atoms with Gasteiger partial charge in [-0.15, -0.1) is 0 Å². The Bertz CT molecular complexity index is 281. The minimum absolute atomic E-state index is 0.0873. The number of hydrogen-bond donors (Lipinski definition) is 2. The van der Waals surface area contributed by atoms with Crippen molar-refractivity contribution in [1.82, 2.24) is 3.87 Å². The van der Waals surface area contributed by atoms with E-state index in [4.69, 9.17) is 20.9 Å². The van der Waals surface area contributed by atoms with E-state index < -0.39 is 24.0 Å². The van der Waals surface area contributed by atoms with E-state index in [1.165, 1.54) is 0 Å². The SMILES string of the molecule is CCOC(=O)[C@H](N)CSN([O-])SC[C@@H](N)C(=O)OCC. The van der Waals surface area contributed by atoms with Crippen LogP contribution in [0.1, 0.15) is 13.8 Å². The molecule has 0 aromatic rings. The predicted octanol–water partition coefficient (Wildman–Crippen LogP) is -0.137. The van der Waals surface area contributed by atoms with Gasteiger partial charge in [0.05, 0.1) is 13.2 Å². The number of esters is 2. The highest BCUT2D eigenvalue weighted by Gasteiger charge is 2.17. The lowest BCUT2D eigenvalue weighted by molar-refractivity contribution is -0.144. The molecule has 0 bridgehead atoms. The molecule has 0 amide bonds.